The third kappa shape index (κ3) is 5.90. The van der Waals surface area contributed by atoms with E-state index in [1.54, 1.807) is 30.1 Å². The van der Waals surface area contributed by atoms with Gasteiger partial charge in [0.05, 0.1) is 29.5 Å². The van der Waals surface area contributed by atoms with Crippen LogP contribution in [-0.2, 0) is 16.6 Å². The summed E-state index contributed by atoms with van der Waals surface area (Å²) < 4.78 is 33.6. The monoisotopic (exact) mass is 495 g/mol. The number of amides is 1. The summed E-state index contributed by atoms with van der Waals surface area (Å²) in [4.78, 5) is 21.8. The van der Waals surface area contributed by atoms with Crippen molar-refractivity contribution in [3.8, 4) is 5.75 Å². The van der Waals surface area contributed by atoms with Crippen molar-refractivity contribution in [2.75, 3.05) is 50.0 Å². The Labute approximate surface area is 205 Å². The molecule has 2 N–H and O–H groups in total. The standard InChI is InChI=1S/C25H29N5O4S/c1-29(18-19-6-4-3-5-7-19)25(31)23-16-20(17-27-24(23)30-14-12-26-13-15-30)28-35(32,33)22-10-8-21(34-2)9-11-22/h3-11,16-17,26,28H,12-15,18H2,1-2H3. The van der Waals surface area contributed by atoms with Gasteiger partial charge in [-0.25, -0.2) is 13.4 Å². The quantitative estimate of drug-likeness (QED) is 0.495. The van der Waals surface area contributed by atoms with Crippen molar-refractivity contribution in [2.45, 2.75) is 11.4 Å². The Morgan fingerprint density at radius 1 is 1.11 bits per heavy atom. The molecule has 0 unspecified atom stereocenters. The number of piperazine rings is 1. The predicted octanol–water partition coefficient (Wildman–Crippen LogP) is 2.57. The Hall–Kier alpha value is -3.63. The van der Waals surface area contributed by atoms with Crippen molar-refractivity contribution >= 4 is 27.4 Å². The van der Waals surface area contributed by atoms with Crippen molar-refractivity contribution in [2.24, 2.45) is 0 Å². The van der Waals surface area contributed by atoms with E-state index in [1.807, 2.05) is 35.2 Å². The number of hydrogen-bond acceptors (Lipinski definition) is 7. The first kappa shape index (κ1) is 24.5. The van der Waals surface area contributed by atoms with Gasteiger partial charge in [0.2, 0.25) is 0 Å². The first-order valence-corrected chi connectivity index (χ1v) is 12.8. The molecule has 1 aliphatic heterocycles. The average Bonchev–Trinajstić information content (AvgIpc) is 2.89. The van der Waals surface area contributed by atoms with E-state index < -0.39 is 10.0 Å². The molecule has 0 bridgehead atoms. The minimum atomic E-state index is -3.88. The normalized spacial score (nSPS) is 13.8. The Bertz CT molecular complexity index is 1260. The number of carbonyl (C=O) groups excluding carboxylic acids is 1. The van der Waals surface area contributed by atoms with Gasteiger partial charge < -0.3 is 19.9 Å². The van der Waals surface area contributed by atoms with E-state index in [1.165, 1.54) is 25.4 Å². The summed E-state index contributed by atoms with van der Waals surface area (Å²) in [7, 11) is -0.639. The van der Waals surface area contributed by atoms with Gasteiger partial charge in [-0.1, -0.05) is 30.3 Å². The molecule has 1 aliphatic rings. The number of sulfonamides is 1. The highest BCUT2D eigenvalue weighted by molar-refractivity contribution is 7.92. The lowest BCUT2D eigenvalue weighted by molar-refractivity contribution is 0.0785. The molecule has 0 radical (unpaired) electrons. The van der Waals surface area contributed by atoms with Crippen LogP contribution < -0.4 is 19.7 Å². The summed E-state index contributed by atoms with van der Waals surface area (Å²) in [5, 5.41) is 3.29. The molecule has 9 nitrogen and oxygen atoms in total. The lowest BCUT2D eigenvalue weighted by Gasteiger charge is -2.30. The summed E-state index contributed by atoms with van der Waals surface area (Å²) in [6.45, 7) is 3.38. The molecular formula is C25H29N5O4S. The number of methoxy groups -OCH3 is 1. The van der Waals surface area contributed by atoms with Crippen LogP contribution in [0.2, 0.25) is 0 Å². The molecular weight excluding hydrogens is 466 g/mol. The van der Waals surface area contributed by atoms with Crippen molar-refractivity contribution < 1.29 is 17.9 Å². The lowest BCUT2D eigenvalue weighted by Crippen LogP contribution is -2.44. The van der Waals surface area contributed by atoms with E-state index >= 15 is 0 Å². The minimum absolute atomic E-state index is 0.0820. The third-order valence-corrected chi connectivity index (χ3v) is 7.14. The molecule has 35 heavy (non-hydrogen) atoms. The molecule has 10 heteroatoms. The molecule has 0 spiro atoms. The highest BCUT2D eigenvalue weighted by Gasteiger charge is 2.24. The second-order valence-corrected chi connectivity index (χ2v) is 9.94. The van der Waals surface area contributed by atoms with Crippen molar-refractivity contribution in [1.29, 1.82) is 0 Å². The molecule has 1 aromatic heterocycles. The Morgan fingerprint density at radius 3 is 2.46 bits per heavy atom. The summed E-state index contributed by atoms with van der Waals surface area (Å²) in [5.74, 6) is 0.865. The SMILES string of the molecule is COc1ccc(S(=O)(=O)Nc2cnc(N3CCNCC3)c(C(=O)N(C)Cc3ccccc3)c2)cc1. The second kappa shape index (κ2) is 10.7. The fourth-order valence-electron chi connectivity index (χ4n) is 3.90. The van der Waals surface area contributed by atoms with Crippen LogP contribution in [0.3, 0.4) is 0 Å². The number of aromatic nitrogens is 1. The van der Waals surface area contributed by atoms with Crippen LogP contribution in [0.4, 0.5) is 11.5 Å². The highest BCUT2D eigenvalue weighted by Crippen LogP contribution is 2.26. The maximum Gasteiger partial charge on any atom is 0.261 e. The molecule has 1 saturated heterocycles. The number of carbonyl (C=O) groups is 1. The van der Waals surface area contributed by atoms with E-state index in [4.69, 9.17) is 4.74 Å². The van der Waals surface area contributed by atoms with Crippen LogP contribution in [0, 0.1) is 0 Å². The van der Waals surface area contributed by atoms with Crippen LogP contribution in [0.1, 0.15) is 15.9 Å². The first-order valence-electron chi connectivity index (χ1n) is 11.3. The number of ether oxygens (including phenoxy) is 1. The number of nitrogens with zero attached hydrogens (tertiary/aromatic N) is 3. The zero-order valence-electron chi connectivity index (χ0n) is 19.8. The molecule has 2 aromatic carbocycles. The molecule has 2 heterocycles. The lowest BCUT2D eigenvalue weighted by atomic mass is 10.1. The molecule has 184 valence electrons. The van der Waals surface area contributed by atoms with Crippen molar-refractivity contribution in [3.63, 3.8) is 0 Å². The molecule has 3 aromatic rings. The number of pyridine rings is 1. The zero-order chi connectivity index (χ0) is 24.8. The zero-order valence-corrected chi connectivity index (χ0v) is 20.6. The fraction of sp³-hybridized carbons (Fsp3) is 0.280. The van der Waals surface area contributed by atoms with Crippen LogP contribution in [-0.4, -0.2) is 64.5 Å². The largest absolute Gasteiger partial charge is 0.497 e. The van der Waals surface area contributed by atoms with Crippen LogP contribution in [0.25, 0.3) is 0 Å². The highest BCUT2D eigenvalue weighted by atomic mass is 32.2. The Balaban J connectivity index is 1.64. The summed E-state index contributed by atoms with van der Waals surface area (Å²) in [6.07, 6.45) is 1.45. The second-order valence-electron chi connectivity index (χ2n) is 8.26. The Morgan fingerprint density at radius 2 is 1.80 bits per heavy atom. The maximum absolute atomic E-state index is 13.5. The molecule has 4 rings (SSSR count). The van der Waals surface area contributed by atoms with Crippen LogP contribution in [0.15, 0.2) is 71.8 Å². The van der Waals surface area contributed by atoms with Gasteiger partial charge in [-0.15, -0.1) is 0 Å². The molecule has 0 atom stereocenters. The third-order valence-electron chi connectivity index (χ3n) is 5.74. The van der Waals surface area contributed by atoms with Crippen molar-refractivity contribution in [1.82, 2.24) is 15.2 Å². The number of benzene rings is 2. The molecule has 1 fully saturated rings. The predicted molar refractivity (Wildman–Crippen MR) is 135 cm³/mol. The first-order chi connectivity index (χ1) is 16.9. The van der Waals surface area contributed by atoms with Gasteiger partial charge in [0.1, 0.15) is 11.6 Å². The van der Waals surface area contributed by atoms with E-state index in [0.29, 0.717) is 36.8 Å². The smallest absolute Gasteiger partial charge is 0.261 e. The number of hydrogen-bond donors (Lipinski definition) is 2. The fourth-order valence-corrected chi connectivity index (χ4v) is 4.94. The van der Waals surface area contributed by atoms with Gasteiger partial charge in [-0.3, -0.25) is 9.52 Å². The van der Waals surface area contributed by atoms with E-state index in [9.17, 15) is 13.2 Å². The van der Waals surface area contributed by atoms with Crippen LogP contribution >= 0.6 is 0 Å². The van der Waals surface area contributed by atoms with Gasteiger partial charge >= 0.3 is 0 Å². The number of rotatable bonds is 8. The topological polar surface area (TPSA) is 104 Å². The maximum atomic E-state index is 13.5. The molecule has 0 aliphatic carbocycles. The summed E-state index contributed by atoms with van der Waals surface area (Å²) in [6, 6.07) is 17.3. The van der Waals surface area contributed by atoms with Gasteiger partial charge in [0.25, 0.3) is 15.9 Å². The van der Waals surface area contributed by atoms with Crippen LogP contribution in [0.5, 0.6) is 5.75 Å². The Kier molecular flexibility index (Phi) is 7.52. The summed E-state index contributed by atoms with van der Waals surface area (Å²) >= 11 is 0. The van der Waals surface area contributed by atoms with Gasteiger partial charge in [-0.05, 0) is 35.9 Å². The van der Waals surface area contributed by atoms with Gasteiger partial charge in [-0.2, -0.15) is 0 Å². The summed E-state index contributed by atoms with van der Waals surface area (Å²) in [5.41, 5.74) is 1.56. The van der Waals surface area contributed by atoms with E-state index in [2.05, 4.69) is 15.0 Å². The average molecular weight is 496 g/mol. The molecule has 0 saturated carbocycles. The van der Waals surface area contributed by atoms with E-state index in [0.717, 1.165) is 18.7 Å². The minimum Gasteiger partial charge on any atom is -0.497 e. The van der Waals surface area contributed by atoms with Gasteiger partial charge in [0.15, 0.2) is 0 Å². The van der Waals surface area contributed by atoms with Crippen molar-refractivity contribution in [3.05, 3.63) is 78.0 Å². The number of nitrogens with one attached hydrogen (secondary N) is 2. The van der Waals surface area contributed by atoms with E-state index in [-0.39, 0.29) is 16.5 Å². The molecule has 1 amide bonds. The van der Waals surface area contributed by atoms with Gasteiger partial charge in [0, 0.05) is 39.8 Å². The number of anilines is 2.